The Bertz CT molecular complexity index is 1420. The Morgan fingerprint density at radius 3 is 2.36 bits per heavy atom. The molecule has 0 aliphatic carbocycles. The molecule has 7 nitrogen and oxygen atoms in total. The summed E-state index contributed by atoms with van der Waals surface area (Å²) in [5.41, 5.74) is 2.71. The summed E-state index contributed by atoms with van der Waals surface area (Å²) >= 11 is 0. The average Bonchev–Trinajstić information content (AvgIpc) is 2.89. The van der Waals surface area contributed by atoms with E-state index >= 15 is 0 Å². The number of carbonyl (C=O) groups excluding carboxylic acids is 1. The van der Waals surface area contributed by atoms with Crippen LogP contribution in [0.3, 0.4) is 0 Å². The normalized spacial score (nSPS) is 15.2. The summed E-state index contributed by atoms with van der Waals surface area (Å²) in [6.45, 7) is 3.72. The monoisotopic (exact) mass is 502 g/mol. The Morgan fingerprint density at radius 2 is 1.69 bits per heavy atom. The van der Waals surface area contributed by atoms with E-state index in [-0.39, 0.29) is 30.3 Å². The summed E-state index contributed by atoms with van der Waals surface area (Å²) in [6, 6.07) is 22.9. The van der Waals surface area contributed by atoms with E-state index in [4.69, 9.17) is 5.26 Å². The zero-order valence-corrected chi connectivity index (χ0v) is 20.4. The first-order valence-corrected chi connectivity index (χ1v) is 11.4. The van der Waals surface area contributed by atoms with Crippen molar-refractivity contribution in [3.05, 3.63) is 84.2 Å². The third kappa shape index (κ3) is 4.92. The van der Waals surface area contributed by atoms with E-state index in [1.807, 2.05) is 24.3 Å². The van der Waals surface area contributed by atoms with Crippen molar-refractivity contribution in [3.8, 4) is 17.3 Å². The van der Waals surface area contributed by atoms with Crippen molar-refractivity contribution in [3.63, 3.8) is 0 Å². The molecule has 182 valence electrons. The summed E-state index contributed by atoms with van der Waals surface area (Å²) in [7, 11) is 0. The van der Waals surface area contributed by atoms with Gasteiger partial charge in [-0.3, -0.25) is 0 Å². The lowest BCUT2D eigenvalue weighted by atomic mass is 10.0. The number of anilines is 2. The van der Waals surface area contributed by atoms with Crippen LogP contribution in [0.15, 0.2) is 72.8 Å². The predicted octanol–water partition coefficient (Wildman–Crippen LogP) is 5.47. The van der Waals surface area contributed by atoms with E-state index < -0.39 is 0 Å². The van der Waals surface area contributed by atoms with Crippen molar-refractivity contribution in [1.82, 2.24) is 15.1 Å². The average molecular weight is 503 g/mol. The molecular formula is C27H24ClFN6O. The third-order valence-electron chi connectivity index (χ3n) is 6.24. The highest BCUT2D eigenvalue weighted by atomic mass is 35.5. The van der Waals surface area contributed by atoms with Gasteiger partial charge in [-0.2, -0.15) is 5.26 Å². The summed E-state index contributed by atoms with van der Waals surface area (Å²) in [5.74, 6) is 0.476. The fourth-order valence-electron chi connectivity index (χ4n) is 4.41. The lowest BCUT2D eigenvalue weighted by Gasteiger charge is -2.40. The molecule has 1 unspecified atom stereocenters. The van der Waals surface area contributed by atoms with E-state index in [0.717, 1.165) is 22.2 Å². The van der Waals surface area contributed by atoms with E-state index in [9.17, 15) is 9.18 Å². The van der Waals surface area contributed by atoms with Gasteiger partial charge in [0, 0.05) is 47.7 Å². The van der Waals surface area contributed by atoms with Gasteiger partial charge in [-0.25, -0.2) is 9.18 Å². The van der Waals surface area contributed by atoms with Crippen LogP contribution in [-0.2, 0) is 0 Å². The number of carbonyl (C=O) groups is 1. The zero-order valence-electron chi connectivity index (χ0n) is 19.6. The molecule has 1 N–H and O–H groups in total. The Kier molecular flexibility index (Phi) is 7.32. The molecule has 0 radical (unpaired) electrons. The maximum Gasteiger partial charge on any atom is 0.321 e. The third-order valence-corrected chi connectivity index (χ3v) is 6.24. The van der Waals surface area contributed by atoms with Gasteiger partial charge in [-0.15, -0.1) is 22.6 Å². The second-order valence-corrected chi connectivity index (χ2v) is 8.53. The second kappa shape index (κ2) is 10.6. The molecule has 36 heavy (non-hydrogen) atoms. The molecule has 5 rings (SSSR count). The number of benzene rings is 3. The number of rotatable bonds is 3. The van der Waals surface area contributed by atoms with Crippen LogP contribution in [0, 0.1) is 17.1 Å². The Morgan fingerprint density at radius 1 is 1.00 bits per heavy atom. The number of halogens is 2. The molecule has 1 atom stereocenters. The molecule has 2 amide bonds. The molecule has 1 aromatic heterocycles. The fraction of sp³-hybridized carbons (Fsp3) is 0.185. The van der Waals surface area contributed by atoms with E-state index in [2.05, 4.69) is 33.4 Å². The van der Waals surface area contributed by atoms with Gasteiger partial charge in [-0.1, -0.05) is 24.3 Å². The van der Waals surface area contributed by atoms with Gasteiger partial charge in [0.05, 0.1) is 11.6 Å². The molecule has 9 heteroatoms. The molecule has 1 fully saturated rings. The van der Waals surface area contributed by atoms with Crippen molar-refractivity contribution >= 4 is 40.7 Å². The molecule has 0 spiro atoms. The van der Waals surface area contributed by atoms with Crippen LogP contribution in [0.25, 0.3) is 22.0 Å². The van der Waals surface area contributed by atoms with Crippen LogP contribution < -0.4 is 10.2 Å². The molecule has 2 heterocycles. The fourth-order valence-corrected chi connectivity index (χ4v) is 4.41. The number of aromatic nitrogens is 2. The number of fused-ring (bicyclic) bond motifs is 1. The lowest BCUT2D eigenvalue weighted by Crippen LogP contribution is -2.55. The number of hydrogen-bond acceptors (Lipinski definition) is 5. The molecule has 3 aromatic carbocycles. The van der Waals surface area contributed by atoms with Gasteiger partial charge in [0.15, 0.2) is 5.82 Å². The predicted molar refractivity (Wildman–Crippen MR) is 141 cm³/mol. The number of amides is 2. The molecule has 1 saturated heterocycles. The Hall–Kier alpha value is -4.22. The van der Waals surface area contributed by atoms with Crippen molar-refractivity contribution in [2.75, 3.05) is 29.9 Å². The van der Waals surface area contributed by atoms with E-state index in [1.54, 1.807) is 41.3 Å². The molecule has 0 bridgehead atoms. The second-order valence-electron chi connectivity index (χ2n) is 8.53. The highest BCUT2D eigenvalue weighted by molar-refractivity contribution is 6.00. The first kappa shape index (κ1) is 24.9. The molecular weight excluding hydrogens is 479 g/mol. The molecule has 4 aromatic rings. The van der Waals surface area contributed by atoms with Gasteiger partial charge in [0.2, 0.25) is 0 Å². The summed E-state index contributed by atoms with van der Waals surface area (Å²) in [5, 5.41) is 22.8. The van der Waals surface area contributed by atoms with Crippen LogP contribution in [0.5, 0.6) is 0 Å². The number of urea groups is 1. The number of piperazine rings is 1. The largest absolute Gasteiger partial charge is 0.348 e. The number of nitrogens with zero attached hydrogens (tertiary/aromatic N) is 5. The van der Waals surface area contributed by atoms with Crippen molar-refractivity contribution in [2.24, 2.45) is 0 Å². The number of nitriles is 1. The lowest BCUT2D eigenvalue weighted by molar-refractivity contribution is 0.200. The van der Waals surface area contributed by atoms with Crippen LogP contribution in [0.1, 0.15) is 12.5 Å². The van der Waals surface area contributed by atoms with Gasteiger partial charge < -0.3 is 15.1 Å². The maximum atomic E-state index is 13.4. The first-order chi connectivity index (χ1) is 17.0. The van der Waals surface area contributed by atoms with E-state index in [0.29, 0.717) is 36.6 Å². The van der Waals surface area contributed by atoms with Crippen molar-refractivity contribution < 1.29 is 9.18 Å². The molecule has 0 saturated carbocycles. The number of nitrogens with one attached hydrogen (secondary N) is 1. The summed E-state index contributed by atoms with van der Waals surface area (Å²) in [4.78, 5) is 16.8. The molecule has 1 aliphatic heterocycles. The minimum absolute atomic E-state index is 0. The first-order valence-electron chi connectivity index (χ1n) is 11.4. The number of hydrogen-bond donors (Lipinski definition) is 1. The quantitative estimate of drug-likeness (QED) is 0.401. The van der Waals surface area contributed by atoms with Gasteiger partial charge in [-0.05, 0) is 55.5 Å². The Balaban J connectivity index is 0.00000304. The standard InChI is InChI=1S/C27H23FN6O.ClH/c1-18-17-33(27(35)30-22-12-6-19(16-29)7-13-22)14-15-34(18)26-24-5-3-2-4-23(24)25(31-32-26)20-8-10-21(28)11-9-20;/h2-13,18H,14-15,17H2,1H3,(H,30,35);1H. The van der Waals surface area contributed by atoms with Crippen LogP contribution >= 0.6 is 12.4 Å². The topological polar surface area (TPSA) is 85.2 Å². The van der Waals surface area contributed by atoms with Crippen molar-refractivity contribution in [2.45, 2.75) is 13.0 Å². The molecule has 1 aliphatic rings. The Labute approximate surface area is 214 Å². The van der Waals surface area contributed by atoms with Gasteiger partial charge in [0.1, 0.15) is 11.5 Å². The maximum absolute atomic E-state index is 13.4. The zero-order chi connectivity index (χ0) is 24.4. The highest BCUT2D eigenvalue weighted by Gasteiger charge is 2.29. The van der Waals surface area contributed by atoms with Gasteiger partial charge in [0.25, 0.3) is 0 Å². The van der Waals surface area contributed by atoms with Gasteiger partial charge >= 0.3 is 6.03 Å². The SMILES string of the molecule is CC1CN(C(=O)Nc2ccc(C#N)cc2)CCN1c1nnc(-c2ccc(F)cc2)c2ccccc12.Cl. The van der Waals surface area contributed by atoms with Crippen molar-refractivity contribution in [1.29, 1.82) is 5.26 Å². The van der Waals surface area contributed by atoms with Crippen LogP contribution in [-0.4, -0.2) is 46.8 Å². The highest BCUT2D eigenvalue weighted by Crippen LogP contribution is 2.33. The minimum Gasteiger partial charge on any atom is -0.348 e. The van der Waals surface area contributed by atoms with Crippen LogP contribution in [0.4, 0.5) is 20.7 Å². The summed E-state index contributed by atoms with van der Waals surface area (Å²) < 4.78 is 13.4. The van der Waals surface area contributed by atoms with E-state index in [1.165, 1.54) is 12.1 Å². The van der Waals surface area contributed by atoms with Crippen LogP contribution in [0.2, 0.25) is 0 Å². The minimum atomic E-state index is -0.294. The summed E-state index contributed by atoms with van der Waals surface area (Å²) in [6.07, 6.45) is 0. The smallest absolute Gasteiger partial charge is 0.321 e.